The highest BCUT2D eigenvalue weighted by molar-refractivity contribution is 5.79. The average molecular weight is 606 g/mol. The fourth-order valence-corrected chi connectivity index (χ4v) is 9.09. The predicted molar refractivity (Wildman–Crippen MR) is 155 cm³/mol. The normalized spacial score (nSPS) is 48.9. The molecule has 43 heavy (non-hydrogen) atoms. The van der Waals surface area contributed by atoms with Crippen molar-refractivity contribution in [3.63, 3.8) is 0 Å². The molecule has 0 aliphatic carbocycles. The summed E-state index contributed by atoms with van der Waals surface area (Å²) in [6.45, 7) is 8.67. The van der Waals surface area contributed by atoms with E-state index < -0.39 is 11.9 Å². The van der Waals surface area contributed by atoms with Crippen LogP contribution in [0.25, 0.3) is 0 Å². The van der Waals surface area contributed by atoms with E-state index in [-0.39, 0.29) is 91.5 Å². The lowest BCUT2D eigenvalue weighted by atomic mass is 9.85. The van der Waals surface area contributed by atoms with Crippen molar-refractivity contribution in [1.82, 2.24) is 0 Å². The lowest BCUT2D eigenvalue weighted by Crippen LogP contribution is -2.61. The Kier molecular flexibility index (Phi) is 8.81. The molecule has 0 spiro atoms. The summed E-state index contributed by atoms with van der Waals surface area (Å²) in [5.41, 5.74) is 6.78. The Bertz CT molecular complexity index is 1040. The number of ether oxygens (including phenoxy) is 7. The monoisotopic (exact) mass is 605 g/mol. The number of Topliss-reactive ketones (excluding diaryl/α,β-unsaturated/α-hetero) is 1. The van der Waals surface area contributed by atoms with Crippen LogP contribution in [0.4, 0.5) is 0 Å². The van der Waals surface area contributed by atoms with Gasteiger partial charge >= 0.3 is 0 Å². The van der Waals surface area contributed by atoms with Gasteiger partial charge in [0.05, 0.1) is 48.8 Å². The van der Waals surface area contributed by atoms with Gasteiger partial charge in [-0.2, -0.15) is 0 Å². The second-order valence-electron chi connectivity index (χ2n) is 14.2. The van der Waals surface area contributed by atoms with E-state index in [1.54, 1.807) is 0 Å². The molecule has 15 atom stereocenters. The van der Waals surface area contributed by atoms with Gasteiger partial charge in [-0.1, -0.05) is 20.4 Å². The molecule has 8 aliphatic rings. The average Bonchev–Trinajstić information content (AvgIpc) is 3.69. The molecule has 10 nitrogen and oxygen atoms in total. The smallest absolute Gasteiger partial charge is 0.172 e. The third kappa shape index (κ3) is 5.89. The van der Waals surface area contributed by atoms with Crippen molar-refractivity contribution in [2.45, 2.75) is 176 Å². The molecule has 0 radical (unpaired) electrons. The molecule has 242 valence electrons. The van der Waals surface area contributed by atoms with Gasteiger partial charge in [0.2, 0.25) is 0 Å². The molecule has 0 aromatic rings. The van der Waals surface area contributed by atoms with Crippen LogP contribution in [0.5, 0.6) is 0 Å². The largest absolute Gasteiger partial charge is 0.392 e. The Labute approximate surface area is 255 Å². The van der Waals surface area contributed by atoms with Gasteiger partial charge in [-0.3, -0.25) is 4.79 Å². The van der Waals surface area contributed by atoms with Gasteiger partial charge in [0.1, 0.15) is 36.3 Å². The molecule has 0 aromatic carbocycles. The quantitative estimate of drug-likeness (QED) is 0.320. The molecule has 8 saturated heterocycles. The zero-order valence-electron chi connectivity index (χ0n) is 25.8. The minimum absolute atomic E-state index is 0.0321. The fourth-order valence-electron chi connectivity index (χ4n) is 9.09. The molecule has 8 rings (SSSR count). The summed E-state index contributed by atoms with van der Waals surface area (Å²) in [5.74, 6) is -0.363. The number of carbonyl (C=O) groups is 1. The van der Waals surface area contributed by atoms with Gasteiger partial charge in [-0.05, 0) is 56.4 Å². The zero-order chi connectivity index (χ0) is 29.9. The van der Waals surface area contributed by atoms with Crippen molar-refractivity contribution < 1.29 is 43.1 Å². The number of ketones is 1. The highest BCUT2D eigenvalue weighted by Crippen LogP contribution is 2.54. The first-order valence-corrected chi connectivity index (χ1v) is 17.0. The van der Waals surface area contributed by atoms with E-state index in [1.807, 2.05) is 0 Å². The molecule has 8 aliphatic heterocycles. The van der Waals surface area contributed by atoms with Gasteiger partial charge in [0, 0.05) is 38.6 Å². The van der Waals surface area contributed by atoms with Crippen LogP contribution in [0.2, 0.25) is 0 Å². The molecule has 10 heteroatoms. The van der Waals surface area contributed by atoms with Gasteiger partial charge < -0.3 is 44.0 Å². The molecule has 0 saturated carbocycles. The number of aliphatic hydroxyl groups is 1. The van der Waals surface area contributed by atoms with Crippen LogP contribution in [0.3, 0.4) is 0 Å². The summed E-state index contributed by atoms with van der Waals surface area (Å²) in [6, 6.07) is 0. The minimum Gasteiger partial charge on any atom is -0.392 e. The highest BCUT2D eigenvalue weighted by Gasteiger charge is 2.68. The first kappa shape index (κ1) is 30.7. The first-order chi connectivity index (χ1) is 20.8. The summed E-state index contributed by atoms with van der Waals surface area (Å²) >= 11 is 0. The van der Waals surface area contributed by atoms with Crippen LogP contribution < -0.4 is 5.73 Å². The van der Waals surface area contributed by atoms with Crippen LogP contribution in [0.1, 0.15) is 90.9 Å². The Morgan fingerprint density at radius 1 is 0.930 bits per heavy atom. The number of hydrogen-bond acceptors (Lipinski definition) is 10. The Hall–Kier alpha value is -0.950. The van der Waals surface area contributed by atoms with E-state index in [0.717, 1.165) is 51.4 Å². The van der Waals surface area contributed by atoms with E-state index in [0.29, 0.717) is 25.7 Å². The molecule has 0 aromatic heterocycles. The maximum Gasteiger partial charge on any atom is 0.172 e. The minimum atomic E-state index is -0.728. The van der Waals surface area contributed by atoms with Gasteiger partial charge in [0.15, 0.2) is 5.79 Å². The Morgan fingerprint density at radius 3 is 2.49 bits per heavy atom. The molecule has 4 unspecified atom stereocenters. The van der Waals surface area contributed by atoms with Crippen LogP contribution in [0, 0.1) is 5.92 Å². The summed E-state index contributed by atoms with van der Waals surface area (Å²) in [6.07, 6.45) is 7.08. The molecular weight excluding hydrogens is 554 g/mol. The van der Waals surface area contributed by atoms with Crippen molar-refractivity contribution >= 4 is 5.78 Å². The second kappa shape index (κ2) is 12.3. The third-order valence-electron chi connectivity index (χ3n) is 11.2. The molecular formula is C33H51NO9. The maximum absolute atomic E-state index is 13.3. The van der Waals surface area contributed by atoms with Crippen LogP contribution in [0.15, 0.2) is 12.2 Å². The van der Waals surface area contributed by atoms with E-state index in [1.165, 1.54) is 5.57 Å². The van der Waals surface area contributed by atoms with Crippen molar-refractivity contribution in [2.75, 3.05) is 6.54 Å². The van der Waals surface area contributed by atoms with E-state index in [9.17, 15) is 9.90 Å². The van der Waals surface area contributed by atoms with Crippen LogP contribution >= 0.6 is 0 Å². The summed E-state index contributed by atoms with van der Waals surface area (Å²) in [5, 5.41) is 9.98. The van der Waals surface area contributed by atoms with Gasteiger partial charge in [-0.25, -0.2) is 0 Å². The van der Waals surface area contributed by atoms with Crippen molar-refractivity contribution in [3.8, 4) is 0 Å². The molecule has 3 N–H and O–H groups in total. The zero-order valence-corrected chi connectivity index (χ0v) is 25.8. The van der Waals surface area contributed by atoms with Crippen molar-refractivity contribution in [1.29, 1.82) is 0 Å². The highest BCUT2D eigenvalue weighted by atomic mass is 16.8. The SMILES string of the molecule is C=C1C[C@H](CC[C@@]23C[C@H]4OC5C(O2)C2O[C@@H](CC(=O)C[C@@H]6C[C@@H](C[C@H](O)CN)OC6CC)CC[C@@H]2O[C@H]5[C@H]4O3)O[C@H]1CC. The number of aliphatic hydroxyl groups excluding tert-OH is 1. The lowest BCUT2D eigenvalue weighted by Gasteiger charge is -2.47. The van der Waals surface area contributed by atoms with Crippen molar-refractivity contribution in [2.24, 2.45) is 11.7 Å². The van der Waals surface area contributed by atoms with Crippen LogP contribution in [-0.4, -0.2) is 103 Å². The van der Waals surface area contributed by atoms with Crippen molar-refractivity contribution in [3.05, 3.63) is 12.2 Å². The fraction of sp³-hybridized carbons (Fsp3) is 0.909. The first-order valence-electron chi connectivity index (χ1n) is 17.0. The second-order valence-corrected chi connectivity index (χ2v) is 14.2. The number of hydrogen-bond donors (Lipinski definition) is 2. The molecule has 6 bridgehead atoms. The standard InChI is InChI=1S/C33H51NO9/c1-4-24-17(3)10-22(37-24)8-9-33-15-27-29(42-33)30-31(41-27)32(43-33)28-26(40-30)7-6-21(39-28)13-19(35)11-18-12-23(14-20(36)16-34)38-25(18)5-2/h18,20-32,36H,3-16,34H2,1-2H3/t18-,20+,21-,22+,23+,24+,25?,26+,27-,28?,29+,30+,31?,32?,33+/m1/s1. The summed E-state index contributed by atoms with van der Waals surface area (Å²) in [7, 11) is 0. The topological polar surface area (TPSA) is 128 Å². The van der Waals surface area contributed by atoms with Gasteiger partial charge in [0.25, 0.3) is 0 Å². The number of nitrogens with two attached hydrogens (primary N) is 1. The lowest BCUT2D eigenvalue weighted by molar-refractivity contribution is -0.292. The van der Waals surface area contributed by atoms with Crippen LogP contribution in [-0.2, 0) is 38.0 Å². The van der Waals surface area contributed by atoms with E-state index >= 15 is 0 Å². The third-order valence-corrected chi connectivity index (χ3v) is 11.2. The maximum atomic E-state index is 13.3. The summed E-state index contributed by atoms with van der Waals surface area (Å²) in [4.78, 5) is 13.3. The predicted octanol–water partition coefficient (Wildman–Crippen LogP) is 3.10. The molecule has 0 amide bonds. The molecule has 8 heterocycles. The van der Waals surface area contributed by atoms with E-state index in [2.05, 4.69) is 20.4 Å². The number of rotatable bonds is 12. The number of fused-ring (bicyclic) bond motifs is 1. The molecule has 8 fully saturated rings. The summed E-state index contributed by atoms with van der Waals surface area (Å²) < 4.78 is 45.8. The number of carbonyl (C=O) groups excluding carboxylic acids is 1. The van der Waals surface area contributed by atoms with Gasteiger partial charge in [-0.15, -0.1) is 0 Å². The Balaban J connectivity index is 0.972. The van der Waals surface area contributed by atoms with E-state index in [4.69, 9.17) is 38.9 Å². The Morgan fingerprint density at radius 2 is 1.72 bits per heavy atom.